The van der Waals surface area contributed by atoms with Gasteiger partial charge in [-0.15, -0.1) is 0 Å². The number of aromatic amines is 1. The summed E-state index contributed by atoms with van der Waals surface area (Å²) in [6.07, 6.45) is 4.29. The molecule has 21 heavy (non-hydrogen) atoms. The second kappa shape index (κ2) is 6.87. The zero-order valence-corrected chi connectivity index (χ0v) is 12.6. The Morgan fingerprint density at radius 1 is 1.33 bits per heavy atom. The van der Waals surface area contributed by atoms with Gasteiger partial charge in [0.2, 0.25) is 0 Å². The normalized spacial score (nSPS) is 19.8. The average molecular weight is 285 g/mol. The molecule has 4 nitrogen and oxygen atoms in total. The maximum absolute atomic E-state index is 5.84. The van der Waals surface area contributed by atoms with Crippen molar-refractivity contribution >= 4 is 0 Å². The highest BCUT2D eigenvalue weighted by Gasteiger charge is 2.23. The number of rotatable bonds is 5. The lowest BCUT2D eigenvalue weighted by Gasteiger charge is -2.32. The van der Waals surface area contributed by atoms with E-state index in [0.717, 1.165) is 44.2 Å². The lowest BCUT2D eigenvalue weighted by Crippen LogP contribution is -2.39. The first-order valence-electron chi connectivity index (χ1n) is 7.70. The highest BCUT2D eigenvalue weighted by atomic mass is 16.5. The van der Waals surface area contributed by atoms with Gasteiger partial charge in [0.1, 0.15) is 11.9 Å². The molecule has 0 saturated carbocycles. The van der Waals surface area contributed by atoms with E-state index < -0.39 is 0 Å². The quantitative estimate of drug-likeness (QED) is 0.918. The van der Waals surface area contributed by atoms with Crippen LogP contribution in [0, 0.1) is 6.92 Å². The number of ether oxygens (including phenoxy) is 1. The van der Waals surface area contributed by atoms with E-state index in [0.29, 0.717) is 0 Å². The maximum Gasteiger partial charge on any atom is 0.136 e. The van der Waals surface area contributed by atoms with E-state index >= 15 is 0 Å². The summed E-state index contributed by atoms with van der Waals surface area (Å²) >= 11 is 0. The van der Waals surface area contributed by atoms with Gasteiger partial charge in [0.25, 0.3) is 0 Å². The maximum atomic E-state index is 5.84. The molecule has 1 fully saturated rings. The van der Waals surface area contributed by atoms with Crippen molar-refractivity contribution in [1.29, 1.82) is 0 Å². The van der Waals surface area contributed by atoms with Crippen molar-refractivity contribution in [2.45, 2.75) is 25.9 Å². The first kappa shape index (κ1) is 14.3. The molecule has 1 aromatic carbocycles. The van der Waals surface area contributed by atoms with Crippen LogP contribution < -0.4 is 0 Å². The largest absolute Gasteiger partial charge is 0.368 e. The molecule has 0 bridgehead atoms. The predicted molar refractivity (Wildman–Crippen MR) is 83.2 cm³/mol. The molecule has 2 aromatic rings. The number of benzene rings is 1. The van der Waals surface area contributed by atoms with Crippen LogP contribution in [0.15, 0.2) is 36.5 Å². The monoisotopic (exact) mass is 285 g/mol. The van der Waals surface area contributed by atoms with Gasteiger partial charge in [-0.3, -0.25) is 4.90 Å². The molecule has 3 rings (SSSR count). The zero-order chi connectivity index (χ0) is 14.5. The van der Waals surface area contributed by atoms with Crippen LogP contribution in [0.2, 0.25) is 0 Å². The summed E-state index contributed by atoms with van der Waals surface area (Å²) in [5, 5.41) is 0. The summed E-state index contributed by atoms with van der Waals surface area (Å²) in [5.41, 5.74) is 2.51. The Labute approximate surface area is 126 Å². The summed E-state index contributed by atoms with van der Waals surface area (Å²) < 4.78 is 5.84. The molecule has 0 spiro atoms. The van der Waals surface area contributed by atoms with Gasteiger partial charge in [0.05, 0.1) is 6.61 Å². The minimum atomic E-state index is 0.0872. The van der Waals surface area contributed by atoms with Crippen molar-refractivity contribution in [2.75, 3.05) is 26.2 Å². The molecule has 1 atom stereocenters. The standard InChI is InChI=1S/C17H23N3O/c1-14-12-18-17(19-14)16-13-20(10-11-21-16)9-5-8-15-6-3-2-4-7-15/h2-4,6-7,12,16H,5,8-11,13H2,1H3,(H,18,19). The highest BCUT2D eigenvalue weighted by molar-refractivity contribution is 5.14. The smallest absolute Gasteiger partial charge is 0.136 e. The summed E-state index contributed by atoms with van der Waals surface area (Å²) in [6, 6.07) is 10.7. The molecule has 0 amide bonds. The fourth-order valence-corrected chi connectivity index (χ4v) is 2.82. The third-order valence-electron chi connectivity index (χ3n) is 3.96. The third-order valence-corrected chi connectivity index (χ3v) is 3.96. The first-order chi connectivity index (χ1) is 10.3. The van der Waals surface area contributed by atoms with Crippen molar-refractivity contribution in [2.24, 2.45) is 0 Å². The molecule has 1 unspecified atom stereocenters. The topological polar surface area (TPSA) is 41.2 Å². The molecule has 1 saturated heterocycles. The molecule has 0 aliphatic carbocycles. The lowest BCUT2D eigenvalue weighted by atomic mass is 10.1. The van der Waals surface area contributed by atoms with E-state index in [4.69, 9.17) is 4.74 Å². The number of imidazole rings is 1. The number of hydrogen-bond donors (Lipinski definition) is 1. The van der Waals surface area contributed by atoms with Gasteiger partial charge in [-0.05, 0) is 31.9 Å². The van der Waals surface area contributed by atoms with Crippen LogP contribution in [0.3, 0.4) is 0 Å². The minimum absolute atomic E-state index is 0.0872. The molecule has 1 aliphatic rings. The van der Waals surface area contributed by atoms with Crippen LogP contribution in [0.25, 0.3) is 0 Å². The molecule has 1 aliphatic heterocycles. The van der Waals surface area contributed by atoms with Crippen LogP contribution in [0.1, 0.15) is 29.6 Å². The Morgan fingerprint density at radius 3 is 2.95 bits per heavy atom. The van der Waals surface area contributed by atoms with Gasteiger partial charge in [0, 0.05) is 25.0 Å². The number of H-pyrrole nitrogens is 1. The zero-order valence-electron chi connectivity index (χ0n) is 12.6. The van der Waals surface area contributed by atoms with E-state index in [1.54, 1.807) is 0 Å². The van der Waals surface area contributed by atoms with Gasteiger partial charge in [-0.25, -0.2) is 4.98 Å². The molecule has 1 aromatic heterocycles. The number of nitrogens with zero attached hydrogens (tertiary/aromatic N) is 2. The number of aryl methyl sites for hydroxylation is 2. The second-order valence-corrected chi connectivity index (χ2v) is 5.70. The molecular weight excluding hydrogens is 262 g/mol. The molecule has 4 heteroatoms. The summed E-state index contributed by atoms with van der Waals surface area (Å²) in [5.74, 6) is 0.959. The van der Waals surface area contributed by atoms with E-state index in [9.17, 15) is 0 Å². The van der Waals surface area contributed by atoms with Crippen molar-refractivity contribution in [3.63, 3.8) is 0 Å². The number of hydrogen-bond acceptors (Lipinski definition) is 3. The van der Waals surface area contributed by atoms with Crippen LogP contribution >= 0.6 is 0 Å². The number of nitrogens with one attached hydrogen (secondary N) is 1. The molecule has 112 valence electrons. The van der Waals surface area contributed by atoms with E-state index in [1.165, 1.54) is 12.0 Å². The average Bonchev–Trinajstić information content (AvgIpc) is 2.95. The second-order valence-electron chi connectivity index (χ2n) is 5.70. The lowest BCUT2D eigenvalue weighted by molar-refractivity contribution is -0.0341. The summed E-state index contributed by atoms with van der Waals surface area (Å²) in [4.78, 5) is 10.2. The van der Waals surface area contributed by atoms with Crippen molar-refractivity contribution in [3.8, 4) is 0 Å². The van der Waals surface area contributed by atoms with Gasteiger partial charge in [-0.2, -0.15) is 0 Å². The van der Waals surface area contributed by atoms with Crippen molar-refractivity contribution in [3.05, 3.63) is 53.6 Å². The molecular formula is C17H23N3O. The fourth-order valence-electron chi connectivity index (χ4n) is 2.82. The fraction of sp³-hybridized carbons (Fsp3) is 0.471. The van der Waals surface area contributed by atoms with Crippen LogP contribution in [0.5, 0.6) is 0 Å². The number of aromatic nitrogens is 2. The van der Waals surface area contributed by atoms with Gasteiger partial charge >= 0.3 is 0 Å². The van der Waals surface area contributed by atoms with E-state index in [1.807, 2.05) is 13.1 Å². The van der Waals surface area contributed by atoms with E-state index in [-0.39, 0.29) is 6.10 Å². The van der Waals surface area contributed by atoms with Crippen LogP contribution in [-0.4, -0.2) is 41.1 Å². The molecule has 2 heterocycles. The Kier molecular flexibility index (Phi) is 4.68. The SMILES string of the molecule is Cc1cnc(C2CN(CCCc3ccccc3)CCO2)[nH]1. The Balaban J connectivity index is 1.48. The number of morpholine rings is 1. The van der Waals surface area contributed by atoms with Crippen LogP contribution in [0.4, 0.5) is 0 Å². The van der Waals surface area contributed by atoms with Crippen molar-refractivity contribution < 1.29 is 4.74 Å². The molecule has 1 N–H and O–H groups in total. The first-order valence-corrected chi connectivity index (χ1v) is 7.70. The van der Waals surface area contributed by atoms with Crippen molar-refractivity contribution in [1.82, 2.24) is 14.9 Å². The van der Waals surface area contributed by atoms with Gasteiger partial charge < -0.3 is 9.72 Å². The van der Waals surface area contributed by atoms with Gasteiger partial charge in [-0.1, -0.05) is 30.3 Å². The predicted octanol–water partition coefficient (Wildman–Crippen LogP) is 2.72. The highest BCUT2D eigenvalue weighted by Crippen LogP contribution is 2.19. The van der Waals surface area contributed by atoms with Crippen LogP contribution in [-0.2, 0) is 11.2 Å². The van der Waals surface area contributed by atoms with Gasteiger partial charge in [0.15, 0.2) is 0 Å². The Bertz CT molecular complexity index is 552. The minimum Gasteiger partial charge on any atom is -0.368 e. The molecule has 0 radical (unpaired) electrons. The Morgan fingerprint density at radius 2 is 2.19 bits per heavy atom. The Hall–Kier alpha value is -1.65. The van der Waals surface area contributed by atoms with E-state index in [2.05, 4.69) is 45.2 Å². The third kappa shape index (κ3) is 3.93. The summed E-state index contributed by atoms with van der Waals surface area (Å²) in [7, 11) is 0. The summed E-state index contributed by atoms with van der Waals surface area (Å²) in [6.45, 7) is 5.88.